The Hall–Kier alpha value is -1.04. The number of nitrogens with zero attached hydrogens (tertiary/aromatic N) is 1. The molecule has 1 aromatic rings. The molecule has 1 amide bonds. The van der Waals surface area contributed by atoms with Crippen molar-refractivity contribution >= 4 is 17.2 Å². The quantitative estimate of drug-likeness (QED) is 0.809. The third kappa shape index (κ3) is 5.15. The molecule has 20 heavy (non-hydrogen) atoms. The van der Waals surface area contributed by atoms with Gasteiger partial charge in [-0.25, -0.2) is 0 Å². The van der Waals surface area contributed by atoms with Crippen molar-refractivity contribution in [2.24, 2.45) is 5.41 Å². The monoisotopic (exact) mass is 307 g/mol. The first-order valence-corrected chi connectivity index (χ1v) is 7.14. The van der Waals surface area contributed by atoms with Gasteiger partial charge in [0.05, 0.1) is 5.56 Å². The molecule has 6 heteroatoms. The minimum absolute atomic E-state index is 0.0691. The number of aryl methyl sites for hydroxylation is 2. The number of thiophene rings is 1. The summed E-state index contributed by atoms with van der Waals surface area (Å²) in [6.07, 6.45) is -4.39. The van der Waals surface area contributed by atoms with Crippen molar-refractivity contribution in [3.63, 3.8) is 0 Å². The Kier molecular flexibility index (Phi) is 4.90. The standard InChI is InChI=1S/C14H20F3NOS/c1-9-6-11(10(2)20-9)12(19)18(7-13(3,4)5)8-14(15,16)17/h6H,7-8H2,1-5H3. The van der Waals surface area contributed by atoms with E-state index in [1.807, 2.05) is 27.7 Å². The molecule has 0 bridgehead atoms. The normalized spacial score (nSPS) is 12.6. The van der Waals surface area contributed by atoms with Gasteiger partial charge in [-0.3, -0.25) is 4.79 Å². The topological polar surface area (TPSA) is 20.3 Å². The van der Waals surface area contributed by atoms with Gasteiger partial charge in [-0.2, -0.15) is 13.2 Å². The molecule has 0 fully saturated rings. The summed E-state index contributed by atoms with van der Waals surface area (Å²) in [5, 5.41) is 0. The largest absolute Gasteiger partial charge is 0.406 e. The van der Waals surface area contributed by atoms with Crippen LogP contribution in [0, 0.1) is 19.3 Å². The summed E-state index contributed by atoms with van der Waals surface area (Å²) in [4.78, 5) is 14.9. The van der Waals surface area contributed by atoms with E-state index in [9.17, 15) is 18.0 Å². The van der Waals surface area contributed by atoms with Crippen molar-refractivity contribution in [2.45, 2.75) is 40.8 Å². The molecule has 0 aliphatic carbocycles. The Labute approximate surface area is 121 Å². The lowest BCUT2D eigenvalue weighted by atomic mass is 9.95. The number of hydrogen-bond acceptors (Lipinski definition) is 2. The summed E-state index contributed by atoms with van der Waals surface area (Å²) in [5.74, 6) is -0.542. The van der Waals surface area contributed by atoms with Gasteiger partial charge in [0.1, 0.15) is 6.54 Å². The van der Waals surface area contributed by atoms with Crippen LogP contribution in [-0.4, -0.2) is 30.1 Å². The summed E-state index contributed by atoms with van der Waals surface area (Å²) in [7, 11) is 0. The lowest BCUT2D eigenvalue weighted by Gasteiger charge is -2.30. The van der Waals surface area contributed by atoms with Crippen LogP contribution in [0.1, 0.15) is 40.9 Å². The van der Waals surface area contributed by atoms with E-state index in [1.54, 1.807) is 13.0 Å². The highest BCUT2D eigenvalue weighted by Crippen LogP contribution is 2.26. The molecule has 0 aliphatic rings. The molecule has 0 aliphatic heterocycles. The average Bonchev–Trinajstić information content (AvgIpc) is 2.51. The Balaban J connectivity index is 3.04. The summed E-state index contributed by atoms with van der Waals surface area (Å²) in [6.45, 7) is 7.90. The van der Waals surface area contributed by atoms with Gasteiger partial charge < -0.3 is 4.90 Å². The highest BCUT2D eigenvalue weighted by atomic mass is 32.1. The molecule has 114 valence electrons. The molecule has 0 radical (unpaired) electrons. The average molecular weight is 307 g/mol. The van der Waals surface area contributed by atoms with Crippen molar-refractivity contribution in [1.82, 2.24) is 4.90 Å². The fraction of sp³-hybridized carbons (Fsp3) is 0.643. The van der Waals surface area contributed by atoms with Gasteiger partial charge in [-0.05, 0) is 25.3 Å². The molecule has 0 saturated carbocycles. The molecule has 0 spiro atoms. The lowest BCUT2D eigenvalue weighted by Crippen LogP contribution is -2.43. The van der Waals surface area contributed by atoms with Crippen LogP contribution in [0.5, 0.6) is 0 Å². The number of hydrogen-bond donors (Lipinski definition) is 0. The first-order chi connectivity index (χ1) is 8.89. The fourth-order valence-electron chi connectivity index (χ4n) is 2.00. The fourth-order valence-corrected chi connectivity index (χ4v) is 2.92. The maximum atomic E-state index is 12.7. The highest BCUT2D eigenvalue weighted by molar-refractivity contribution is 7.12. The zero-order valence-electron chi connectivity index (χ0n) is 12.4. The van der Waals surface area contributed by atoms with Crippen LogP contribution in [0.15, 0.2) is 6.07 Å². The Morgan fingerprint density at radius 3 is 2.10 bits per heavy atom. The molecule has 0 saturated heterocycles. The van der Waals surface area contributed by atoms with Gasteiger partial charge in [-0.1, -0.05) is 20.8 Å². The second kappa shape index (κ2) is 5.76. The second-order valence-electron chi connectivity index (χ2n) is 6.16. The van der Waals surface area contributed by atoms with Crippen LogP contribution in [-0.2, 0) is 0 Å². The molecule has 1 rings (SSSR count). The van der Waals surface area contributed by atoms with Gasteiger partial charge in [-0.15, -0.1) is 11.3 Å². The molecular weight excluding hydrogens is 287 g/mol. The van der Waals surface area contributed by atoms with Crippen molar-refractivity contribution in [1.29, 1.82) is 0 Å². The van der Waals surface area contributed by atoms with Crippen LogP contribution in [0.3, 0.4) is 0 Å². The van der Waals surface area contributed by atoms with Crippen LogP contribution in [0.2, 0.25) is 0 Å². The Morgan fingerprint density at radius 1 is 1.20 bits per heavy atom. The minimum Gasteiger partial charge on any atom is -0.329 e. The van der Waals surface area contributed by atoms with Crippen LogP contribution < -0.4 is 0 Å². The van der Waals surface area contributed by atoms with E-state index >= 15 is 0 Å². The SMILES string of the molecule is Cc1cc(C(=O)N(CC(C)(C)C)CC(F)(F)F)c(C)s1. The molecule has 0 N–H and O–H groups in total. The summed E-state index contributed by atoms with van der Waals surface area (Å²) < 4.78 is 38.0. The maximum Gasteiger partial charge on any atom is 0.406 e. The number of carbonyl (C=O) groups excluding carboxylic acids is 1. The number of halogens is 3. The smallest absolute Gasteiger partial charge is 0.329 e. The maximum absolute atomic E-state index is 12.7. The molecule has 0 aromatic carbocycles. The zero-order chi connectivity index (χ0) is 15.7. The number of amides is 1. The van der Waals surface area contributed by atoms with E-state index in [0.29, 0.717) is 5.56 Å². The molecular formula is C14H20F3NOS. The van der Waals surface area contributed by atoms with Crippen molar-refractivity contribution in [3.05, 3.63) is 21.4 Å². The molecule has 2 nitrogen and oxygen atoms in total. The predicted molar refractivity (Wildman–Crippen MR) is 75.2 cm³/mol. The van der Waals surface area contributed by atoms with Gasteiger partial charge in [0.15, 0.2) is 0 Å². The third-order valence-electron chi connectivity index (χ3n) is 2.59. The summed E-state index contributed by atoms with van der Waals surface area (Å²) >= 11 is 1.42. The zero-order valence-corrected chi connectivity index (χ0v) is 13.2. The van der Waals surface area contributed by atoms with Crippen LogP contribution in [0.25, 0.3) is 0 Å². The summed E-state index contributed by atoms with van der Waals surface area (Å²) in [5.41, 5.74) is -0.0131. The third-order valence-corrected chi connectivity index (χ3v) is 3.56. The van der Waals surface area contributed by atoms with Crippen molar-refractivity contribution < 1.29 is 18.0 Å². The molecule has 1 heterocycles. The van der Waals surface area contributed by atoms with Gasteiger partial charge >= 0.3 is 6.18 Å². The first kappa shape index (κ1) is 17.0. The highest BCUT2D eigenvalue weighted by Gasteiger charge is 2.35. The van der Waals surface area contributed by atoms with E-state index in [-0.39, 0.29) is 12.0 Å². The van der Waals surface area contributed by atoms with Crippen LogP contribution in [0.4, 0.5) is 13.2 Å². The molecule has 0 unspecified atom stereocenters. The van der Waals surface area contributed by atoms with Gasteiger partial charge in [0.25, 0.3) is 5.91 Å². The first-order valence-electron chi connectivity index (χ1n) is 6.32. The number of alkyl halides is 3. The number of rotatable bonds is 3. The molecule has 1 aromatic heterocycles. The molecule has 0 atom stereocenters. The summed E-state index contributed by atoms with van der Waals surface area (Å²) in [6, 6.07) is 1.66. The lowest BCUT2D eigenvalue weighted by molar-refractivity contribution is -0.142. The number of carbonyl (C=O) groups is 1. The van der Waals surface area contributed by atoms with E-state index in [1.165, 1.54) is 11.3 Å². The Bertz CT molecular complexity index is 470. The van der Waals surface area contributed by atoms with Gasteiger partial charge in [0.2, 0.25) is 0 Å². The van der Waals surface area contributed by atoms with E-state index in [4.69, 9.17) is 0 Å². The Morgan fingerprint density at radius 2 is 1.75 bits per heavy atom. The van der Waals surface area contributed by atoms with Crippen molar-refractivity contribution in [2.75, 3.05) is 13.1 Å². The van der Waals surface area contributed by atoms with Crippen molar-refractivity contribution in [3.8, 4) is 0 Å². The van der Waals surface area contributed by atoms with E-state index < -0.39 is 18.6 Å². The van der Waals surface area contributed by atoms with E-state index in [0.717, 1.165) is 14.7 Å². The predicted octanol–water partition coefficient (Wildman–Crippen LogP) is 4.42. The van der Waals surface area contributed by atoms with E-state index in [2.05, 4.69) is 0 Å². The van der Waals surface area contributed by atoms with Crippen LogP contribution >= 0.6 is 11.3 Å². The van der Waals surface area contributed by atoms with Gasteiger partial charge in [0, 0.05) is 16.3 Å². The minimum atomic E-state index is -4.39. The second-order valence-corrected chi connectivity index (χ2v) is 7.62.